The molecule has 3 atom stereocenters. The van der Waals surface area contributed by atoms with Gasteiger partial charge in [-0.15, -0.1) is 0 Å². The van der Waals surface area contributed by atoms with E-state index in [0.717, 1.165) is 5.57 Å². The Balaban J connectivity index is 2.68. The molecular weight excluding hydrogens is 420 g/mol. The fourth-order valence-corrected chi connectivity index (χ4v) is 3.60. The lowest BCUT2D eigenvalue weighted by Crippen LogP contribution is -2.45. The predicted octanol–water partition coefficient (Wildman–Crippen LogP) is 2.28. The molecule has 2 aliphatic rings. The van der Waals surface area contributed by atoms with Crippen molar-refractivity contribution < 1.29 is 42.9 Å². The second-order valence-corrected chi connectivity index (χ2v) is 8.18. The lowest BCUT2D eigenvalue weighted by Gasteiger charge is -2.33. The van der Waals surface area contributed by atoms with Crippen molar-refractivity contribution in [2.45, 2.75) is 71.7 Å². The Morgan fingerprint density at radius 1 is 1.16 bits per heavy atom. The highest BCUT2D eigenvalue weighted by Crippen LogP contribution is 2.36. The third kappa shape index (κ3) is 5.93. The van der Waals surface area contributed by atoms with Gasteiger partial charge in [-0.25, -0.2) is 9.59 Å². The Morgan fingerprint density at radius 2 is 1.81 bits per heavy atom. The van der Waals surface area contributed by atoms with Crippen LogP contribution in [0.2, 0.25) is 0 Å². The Kier molecular flexibility index (Phi) is 7.77. The Hall–Kier alpha value is -3.23. The van der Waals surface area contributed by atoms with E-state index >= 15 is 0 Å². The van der Waals surface area contributed by atoms with Crippen LogP contribution < -0.4 is 0 Å². The summed E-state index contributed by atoms with van der Waals surface area (Å²) in [6.45, 7) is 10.2. The number of fused-ring (bicyclic) bond motifs is 1. The van der Waals surface area contributed by atoms with Gasteiger partial charge in [0.2, 0.25) is 0 Å². The third-order valence-electron chi connectivity index (χ3n) is 5.22. The zero-order valence-electron chi connectivity index (χ0n) is 18.9. The number of Topliss-reactive ketones (excluding diaryl/α,β-unsaturated/α-hetero) is 1. The Bertz CT molecular complexity index is 924. The average molecular weight is 448 g/mol. The molecule has 0 radical (unpaired) electrons. The summed E-state index contributed by atoms with van der Waals surface area (Å²) in [6, 6.07) is 0. The van der Waals surface area contributed by atoms with Gasteiger partial charge >= 0.3 is 23.9 Å². The monoisotopic (exact) mass is 448 g/mol. The number of carbonyl (C=O) groups excluding carboxylic acids is 5. The van der Waals surface area contributed by atoms with E-state index in [1.807, 2.05) is 0 Å². The molecule has 0 aromatic rings. The number of esters is 4. The van der Waals surface area contributed by atoms with Crippen LogP contribution in [0, 0.1) is 0 Å². The van der Waals surface area contributed by atoms with Crippen molar-refractivity contribution in [3.63, 3.8) is 0 Å². The highest BCUT2D eigenvalue weighted by Gasteiger charge is 2.46. The van der Waals surface area contributed by atoms with Crippen LogP contribution in [0.3, 0.4) is 0 Å². The molecule has 0 bridgehead atoms. The molecule has 0 N–H and O–H groups in total. The fraction of sp³-hybridized carbons (Fsp3) is 0.522. The fourth-order valence-electron chi connectivity index (χ4n) is 3.60. The number of carbonyl (C=O) groups is 5. The van der Waals surface area contributed by atoms with Gasteiger partial charge in [0.25, 0.3) is 0 Å². The summed E-state index contributed by atoms with van der Waals surface area (Å²) >= 11 is 0. The van der Waals surface area contributed by atoms with E-state index in [1.54, 1.807) is 13.0 Å². The molecule has 2 rings (SSSR count). The van der Waals surface area contributed by atoms with E-state index in [2.05, 4.69) is 6.58 Å². The molecule has 0 spiro atoms. The van der Waals surface area contributed by atoms with Crippen LogP contribution in [0.5, 0.6) is 0 Å². The molecule has 9 nitrogen and oxygen atoms in total. The van der Waals surface area contributed by atoms with E-state index in [1.165, 1.54) is 27.7 Å². The first-order valence-electron chi connectivity index (χ1n) is 10.2. The van der Waals surface area contributed by atoms with Gasteiger partial charge in [-0.2, -0.15) is 0 Å². The lowest BCUT2D eigenvalue weighted by molar-refractivity contribution is -0.168. The van der Waals surface area contributed by atoms with E-state index in [4.69, 9.17) is 18.9 Å². The van der Waals surface area contributed by atoms with E-state index in [9.17, 15) is 24.0 Å². The molecule has 1 aliphatic heterocycles. The summed E-state index contributed by atoms with van der Waals surface area (Å²) in [4.78, 5) is 61.2. The standard InChI is InChI=1S/C23H28O9/c1-12(2)21(27)31-18-10-23(6,32-15(5)25)19(26)8-7-13(3)9-17-20(18)16(22(28)30-17)11-29-14(4)24/h9,17-18H,1,7-8,10-11H2,2-6H3/b13-9-/t17-,18+,23+/m1/s1. The molecule has 174 valence electrons. The van der Waals surface area contributed by atoms with Crippen LogP contribution in [0.25, 0.3) is 0 Å². The minimum absolute atomic E-state index is 0.00645. The number of allylic oxidation sites excluding steroid dienone is 1. The van der Waals surface area contributed by atoms with Gasteiger partial charge in [0.05, 0.1) is 5.57 Å². The van der Waals surface area contributed by atoms with Crippen molar-refractivity contribution in [3.05, 3.63) is 34.9 Å². The van der Waals surface area contributed by atoms with Crippen molar-refractivity contribution in [2.75, 3.05) is 6.61 Å². The minimum atomic E-state index is -1.63. The molecule has 0 unspecified atom stereocenters. The maximum absolute atomic E-state index is 13.0. The largest absolute Gasteiger partial charge is 0.461 e. The summed E-state index contributed by atoms with van der Waals surface area (Å²) in [5.74, 6) is -3.15. The topological polar surface area (TPSA) is 122 Å². The van der Waals surface area contributed by atoms with Crippen LogP contribution in [0.4, 0.5) is 0 Å². The summed E-state index contributed by atoms with van der Waals surface area (Å²) in [5.41, 5.74) is -0.540. The SMILES string of the molecule is C=C(C)C(=O)O[C@H]1C[C@](C)(OC(C)=O)C(=O)CC/C(C)=C\[C@H]2OC(=O)C(COC(C)=O)=C12. The van der Waals surface area contributed by atoms with E-state index in [-0.39, 0.29) is 35.3 Å². The molecule has 0 amide bonds. The summed E-state index contributed by atoms with van der Waals surface area (Å²) < 4.78 is 21.5. The zero-order valence-corrected chi connectivity index (χ0v) is 18.9. The minimum Gasteiger partial charge on any atom is -0.461 e. The summed E-state index contributed by atoms with van der Waals surface area (Å²) in [5, 5.41) is 0. The van der Waals surface area contributed by atoms with Gasteiger partial charge < -0.3 is 18.9 Å². The molecule has 1 heterocycles. The second kappa shape index (κ2) is 9.93. The van der Waals surface area contributed by atoms with Crippen molar-refractivity contribution >= 4 is 29.7 Å². The van der Waals surface area contributed by atoms with Gasteiger partial charge in [-0.3, -0.25) is 14.4 Å². The Labute approximate surface area is 186 Å². The van der Waals surface area contributed by atoms with E-state index in [0.29, 0.717) is 6.42 Å². The first-order chi connectivity index (χ1) is 14.8. The molecule has 1 aliphatic carbocycles. The lowest BCUT2D eigenvalue weighted by atomic mass is 9.83. The van der Waals surface area contributed by atoms with Crippen LogP contribution in [-0.2, 0) is 42.9 Å². The molecule has 0 saturated heterocycles. The quantitative estimate of drug-likeness (QED) is 0.270. The molecule has 0 aromatic carbocycles. The maximum Gasteiger partial charge on any atom is 0.338 e. The molecule has 0 saturated carbocycles. The number of hydrogen-bond acceptors (Lipinski definition) is 9. The number of ether oxygens (including phenoxy) is 4. The van der Waals surface area contributed by atoms with Crippen LogP contribution in [-0.4, -0.2) is 54.1 Å². The summed E-state index contributed by atoms with van der Waals surface area (Å²) in [6.07, 6.45) is -0.233. The second-order valence-electron chi connectivity index (χ2n) is 8.18. The summed E-state index contributed by atoms with van der Waals surface area (Å²) in [7, 11) is 0. The first kappa shape index (κ1) is 25.0. The molecule has 0 aromatic heterocycles. The first-order valence-corrected chi connectivity index (χ1v) is 10.2. The van der Waals surface area contributed by atoms with Gasteiger partial charge in [0.1, 0.15) is 18.8 Å². The average Bonchev–Trinajstić information content (AvgIpc) is 2.97. The van der Waals surface area contributed by atoms with Crippen LogP contribution in [0.1, 0.15) is 53.9 Å². The predicted molar refractivity (Wildman–Crippen MR) is 111 cm³/mol. The van der Waals surface area contributed by atoms with Crippen molar-refractivity contribution in [1.82, 2.24) is 0 Å². The Morgan fingerprint density at radius 3 is 2.38 bits per heavy atom. The molecule has 9 heteroatoms. The number of ketones is 1. The normalized spacial score (nSPS) is 27.5. The molecular formula is C23H28O9. The smallest absolute Gasteiger partial charge is 0.338 e. The third-order valence-corrected chi connectivity index (χ3v) is 5.22. The van der Waals surface area contributed by atoms with Crippen molar-refractivity contribution in [3.8, 4) is 0 Å². The van der Waals surface area contributed by atoms with Crippen molar-refractivity contribution in [2.24, 2.45) is 0 Å². The zero-order chi connectivity index (χ0) is 24.2. The van der Waals surface area contributed by atoms with Gasteiger partial charge in [-0.1, -0.05) is 12.2 Å². The van der Waals surface area contributed by atoms with Gasteiger partial charge in [0, 0.05) is 37.8 Å². The van der Waals surface area contributed by atoms with Crippen molar-refractivity contribution in [1.29, 1.82) is 0 Å². The van der Waals surface area contributed by atoms with Crippen LogP contribution >= 0.6 is 0 Å². The number of rotatable bonds is 5. The van der Waals surface area contributed by atoms with Gasteiger partial charge in [-0.05, 0) is 33.3 Å². The van der Waals surface area contributed by atoms with Crippen LogP contribution in [0.15, 0.2) is 34.9 Å². The van der Waals surface area contributed by atoms with Gasteiger partial charge in [0.15, 0.2) is 11.4 Å². The van der Waals surface area contributed by atoms with E-state index < -0.39 is 48.3 Å². The molecule has 32 heavy (non-hydrogen) atoms. The highest BCUT2D eigenvalue weighted by atomic mass is 16.6. The maximum atomic E-state index is 13.0. The highest BCUT2D eigenvalue weighted by molar-refractivity contribution is 5.95. The molecule has 0 fully saturated rings. The number of hydrogen-bond donors (Lipinski definition) is 0.